The summed E-state index contributed by atoms with van der Waals surface area (Å²) in [5, 5.41) is 7.76. The van der Waals surface area contributed by atoms with E-state index < -0.39 is 0 Å². The topological polar surface area (TPSA) is 24.7 Å². The highest BCUT2D eigenvalue weighted by molar-refractivity contribution is 5.86. The molecule has 0 spiro atoms. The Kier molecular flexibility index (Phi) is 2.54. The van der Waals surface area contributed by atoms with Crippen LogP contribution in [0.4, 0.5) is 0 Å². The molecular weight excluding hydrogens is 172 g/mol. The van der Waals surface area contributed by atoms with Crippen LogP contribution in [-0.4, -0.2) is 12.4 Å². The SMILES string of the molecule is C1=CC=CC=1/C=N/N=C/C1=C=CC=C1. The van der Waals surface area contributed by atoms with Crippen molar-refractivity contribution in [3.8, 4) is 0 Å². The normalized spacial score (nSPS) is 17.7. The summed E-state index contributed by atoms with van der Waals surface area (Å²) < 4.78 is 0. The standard InChI is InChI=1S/C12H8N2/c1-2-6-11(5-1)9-13-14-10-12-7-3-4-8-12/h1-5,7,9-10H/b13-9+,14-10+. The molecule has 0 aliphatic heterocycles. The van der Waals surface area contributed by atoms with Gasteiger partial charge in [0.25, 0.3) is 0 Å². The molecule has 2 rings (SSSR count). The van der Waals surface area contributed by atoms with Crippen LogP contribution in [0.25, 0.3) is 0 Å². The van der Waals surface area contributed by atoms with Gasteiger partial charge in [-0.1, -0.05) is 12.2 Å². The Labute approximate surface area is 82.4 Å². The molecule has 2 heteroatoms. The third-order valence-corrected chi connectivity index (χ3v) is 1.70. The molecule has 14 heavy (non-hydrogen) atoms. The van der Waals surface area contributed by atoms with Gasteiger partial charge >= 0.3 is 0 Å². The number of hydrogen-bond donors (Lipinski definition) is 0. The predicted octanol–water partition coefficient (Wildman–Crippen LogP) is 2.35. The maximum atomic E-state index is 3.88. The summed E-state index contributed by atoms with van der Waals surface area (Å²) in [5.74, 6) is 0. The second-order valence-electron chi connectivity index (χ2n) is 2.74. The van der Waals surface area contributed by atoms with Gasteiger partial charge in [-0.15, -0.1) is 11.5 Å². The summed E-state index contributed by atoms with van der Waals surface area (Å²) >= 11 is 0. The zero-order valence-electron chi connectivity index (χ0n) is 7.51. The summed E-state index contributed by atoms with van der Waals surface area (Å²) in [6.45, 7) is 0. The lowest BCUT2D eigenvalue weighted by molar-refractivity contribution is 1.27. The van der Waals surface area contributed by atoms with Gasteiger partial charge in [-0.05, 0) is 24.3 Å². The monoisotopic (exact) mass is 180 g/mol. The van der Waals surface area contributed by atoms with Gasteiger partial charge in [0.1, 0.15) is 0 Å². The second kappa shape index (κ2) is 4.20. The average molecular weight is 180 g/mol. The lowest BCUT2D eigenvalue weighted by Crippen LogP contribution is -1.76. The summed E-state index contributed by atoms with van der Waals surface area (Å²) in [5.41, 5.74) is 7.88. The first kappa shape index (κ1) is 8.46. The molecule has 0 amide bonds. The van der Waals surface area contributed by atoms with E-state index in [2.05, 4.69) is 21.7 Å². The summed E-state index contributed by atoms with van der Waals surface area (Å²) in [7, 11) is 0. The molecule has 0 atom stereocenters. The Hall–Kier alpha value is -2.14. The lowest BCUT2D eigenvalue weighted by Gasteiger charge is -1.82. The summed E-state index contributed by atoms with van der Waals surface area (Å²) in [6.07, 6.45) is 14.7. The first-order valence-electron chi connectivity index (χ1n) is 4.28. The molecule has 2 aliphatic rings. The van der Waals surface area contributed by atoms with E-state index in [9.17, 15) is 0 Å². The van der Waals surface area contributed by atoms with Crippen LogP contribution >= 0.6 is 0 Å². The molecule has 0 saturated carbocycles. The molecule has 0 radical (unpaired) electrons. The van der Waals surface area contributed by atoms with E-state index in [1.165, 1.54) is 0 Å². The molecule has 0 bridgehead atoms. The van der Waals surface area contributed by atoms with Gasteiger partial charge in [-0.25, -0.2) is 0 Å². The quantitative estimate of drug-likeness (QED) is 0.362. The van der Waals surface area contributed by atoms with E-state index in [0.29, 0.717) is 0 Å². The van der Waals surface area contributed by atoms with Crippen LogP contribution in [0, 0.1) is 0 Å². The van der Waals surface area contributed by atoms with Crippen LogP contribution in [0.15, 0.2) is 69.3 Å². The van der Waals surface area contributed by atoms with Crippen LogP contribution in [0.3, 0.4) is 0 Å². The Balaban J connectivity index is 1.94. The fourth-order valence-corrected chi connectivity index (χ4v) is 1.04. The maximum absolute atomic E-state index is 3.88. The third-order valence-electron chi connectivity index (χ3n) is 1.70. The number of nitrogens with zero attached hydrogens (tertiary/aromatic N) is 2. The molecule has 66 valence electrons. The number of allylic oxidation sites excluding steroid dienone is 6. The number of rotatable bonds is 3. The van der Waals surface area contributed by atoms with E-state index in [0.717, 1.165) is 11.1 Å². The summed E-state index contributed by atoms with van der Waals surface area (Å²) in [6, 6.07) is 0. The first-order valence-corrected chi connectivity index (χ1v) is 4.28. The highest BCUT2D eigenvalue weighted by Gasteiger charge is 1.88. The molecule has 0 saturated heterocycles. The molecule has 0 N–H and O–H groups in total. The van der Waals surface area contributed by atoms with Gasteiger partial charge in [0.2, 0.25) is 0 Å². The second-order valence-corrected chi connectivity index (χ2v) is 2.74. The highest BCUT2D eigenvalue weighted by Crippen LogP contribution is 1.99. The van der Waals surface area contributed by atoms with Crippen LogP contribution in [0.5, 0.6) is 0 Å². The summed E-state index contributed by atoms with van der Waals surface area (Å²) in [4.78, 5) is 0. The molecule has 0 aromatic rings. The largest absolute Gasteiger partial charge is 0.158 e. The Morgan fingerprint density at radius 1 is 0.857 bits per heavy atom. The molecule has 0 heterocycles. The molecule has 0 fully saturated rings. The Morgan fingerprint density at radius 2 is 1.36 bits per heavy atom. The Morgan fingerprint density at radius 3 is 1.71 bits per heavy atom. The van der Waals surface area contributed by atoms with Crippen LogP contribution in [0.1, 0.15) is 0 Å². The van der Waals surface area contributed by atoms with E-state index in [4.69, 9.17) is 0 Å². The minimum Gasteiger partial charge on any atom is -0.158 e. The van der Waals surface area contributed by atoms with Crippen molar-refractivity contribution in [3.05, 3.63) is 59.1 Å². The van der Waals surface area contributed by atoms with Crippen molar-refractivity contribution in [2.75, 3.05) is 0 Å². The van der Waals surface area contributed by atoms with E-state index in [1.807, 2.05) is 36.5 Å². The van der Waals surface area contributed by atoms with Crippen molar-refractivity contribution in [2.45, 2.75) is 0 Å². The molecular formula is C12H8N2. The van der Waals surface area contributed by atoms with Gasteiger partial charge in [0.05, 0.1) is 12.4 Å². The third kappa shape index (κ3) is 2.18. The molecule has 0 aromatic heterocycles. The van der Waals surface area contributed by atoms with E-state index in [1.54, 1.807) is 12.4 Å². The van der Waals surface area contributed by atoms with E-state index >= 15 is 0 Å². The van der Waals surface area contributed by atoms with Crippen molar-refractivity contribution in [3.63, 3.8) is 0 Å². The van der Waals surface area contributed by atoms with Gasteiger partial charge in [-0.2, -0.15) is 10.2 Å². The zero-order valence-corrected chi connectivity index (χ0v) is 7.51. The highest BCUT2D eigenvalue weighted by atomic mass is 15.2. The fourth-order valence-electron chi connectivity index (χ4n) is 1.04. The van der Waals surface area contributed by atoms with Gasteiger partial charge in [0.15, 0.2) is 0 Å². The van der Waals surface area contributed by atoms with Crippen LogP contribution in [0.2, 0.25) is 0 Å². The van der Waals surface area contributed by atoms with Crippen molar-refractivity contribution in [1.29, 1.82) is 0 Å². The molecule has 0 aromatic carbocycles. The van der Waals surface area contributed by atoms with Gasteiger partial charge < -0.3 is 0 Å². The van der Waals surface area contributed by atoms with E-state index in [-0.39, 0.29) is 0 Å². The molecule has 0 unspecified atom stereocenters. The molecule has 2 nitrogen and oxygen atoms in total. The smallest absolute Gasteiger partial charge is 0.0645 e. The predicted molar refractivity (Wildman–Crippen MR) is 58.5 cm³/mol. The fraction of sp³-hybridized carbons (Fsp3) is 0. The first-order chi connectivity index (χ1) is 6.95. The lowest BCUT2D eigenvalue weighted by atomic mass is 10.3. The van der Waals surface area contributed by atoms with Crippen molar-refractivity contribution in [1.82, 2.24) is 0 Å². The van der Waals surface area contributed by atoms with Crippen LogP contribution < -0.4 is 0 Å². The average Bonchev–Trinajstić information content (AvgIpc) is 2.86. The van der Waals surface area contributed by atoms with Crippen molar-refractivity contribution >= 4 is 12.4 Å². The van der Waals surface area contributed by atoms with Crippen LogP contribution in [-0.2, 0) is 0 Å². The minimum atomic E-state index is 0.939. The Bertz CT molecular complexity index is 426. The number of hydrogen-bond acceptors (Lipinski definition) is 2. The van der Waals surface area contributed by atoms with Gasteiger partial charge in [-0.3, -0.25) is 0 Å². The maximum Gasteiger partial charge on any atom is 0.0645 e. The van der Waals surface area contributed by atoms with Gasteiger partial charge in [0, 0.05) is 11.1 Å². The minimum absolute atomic E-state index is 0.939. The molecule has 2 aliphatic carbocycles. The van der Waals surface area contributed by atoms with Crippen molar-refractivity contribution < 1.29 is 0 Å². The zero-order chi connectivity index (χ0) is 9.64. The van der Waals surface area contributed by atoms with Crippen molar-refractivity contribution in [2.24, 2.45) is 10.2 Å².